The molecule has 1 aliphatic rings. The van der Waals surface area contributed by atoms with Crippen LogP contribution in [0, 0.1) is 11.6 Å². The predicted molar refractivity (Wildman–Crippen MR) is 71.3 cm³/mol. The third-order valence-corrected chi connectivity index (χ3v) is 3.43. The molecule has 0 saturated carbocycles. The van der Waals surface area contributed by atoms with Crippen LogP contribution in [0.5, 0.6) is 0 Å². The van der Waals surface area contributed by atoms with Crippen molar-refractivity contribution in [3.05, 3.63) is 63.5 Å². The summed E-state index contributed by atoms with van der Waals surface area (Å²) in [6, 6.07) is 6.88. The Morgan fingerprint density at radius 3 is 2.75 bits per heavy atom. The van der Waals surface area contributed by atoms with Gasteiger partial charge in [-0.25, -0.2) is 18.6 Å². The van der Waals surface area contributed by atoms with Gasteiger partial charge in [-0.05, 0) is 35.7 Å². The molecule has 3 nitrogen and oxygen atoms in total. The first-order valence-corrected chi connectivity index (χ1v) is 6.53. The number of carbonyl (C=O) groups is 1. The number of halogens is 2. The van der Waals surface area contributed by atoms with Gasteiger partial charge in [0, 0.05) is 10.4 Å². The summed E-state index contributed by atoms with van der Waals surface area (Å²) in [5, 5.41) is 1.87. The summed E-state index contributed by atoms with van der Waals surface area (Å²) >= 11 is 1.45. The number of aliphatic imine (C=N–C) groups is 1. The van der Waals surface area contributed by atoms with Crippen molar-refractivity contribution in [1.82, 2.24) is 0 Å². The van der Waals surface area contributed by atoms with Crippen molar-refractivity contribution in [1.29, 1.82) is 0 Å². The molecular weight excluding hydrogens is 284 g/mol. The first-order chi connectivity index (χ1) is 9.63. The molecule has 0 fully saturated rings. The molecule has 0 radical (unpaired) electrons. The Balaban J connectivity index is 1.96. The molecule has 100 valence electrons. The zero-order valence-electron chi connectivity index (χ0n) is 9.97. The highest BCUT2D eigenvalue weighted by atomic mass is 32.1. The van der Waals surface area contributed by atoms with Crippen LogP contribution in [-0.2, 0) is 9.53 Å². The Bertz CT molecular complexity index is 736. The lowest BCUT2D eigenvalue weighted by atomic mass is 10.2. The fourth-order valence-electron chi connectivity index (χ4n) is 1.67. The number of thiophene rings is 1. The Labute approximate surface area is 116 Å². The minimum absolute atomic E-state index is 0.0308. The maximum atomic E-state index is 13.1. The van der Waals surface area contributed by atoms with Gasteiger partial charge in [0.2, 0.25) is 5.90 Å². The number of hydrogen-bond donors (Lipinski definition) is 0. The number of nitrogens with zero attached hydrogens (tertiary/aromatic N) is 1. The number of esters is 1. The third kappa shape index (κ3) is 2.37. The molecule has 20 heavy (non-hydrogen) atoms. The summed E-state index contributed by atoms with van der Waals surface area (Å²) < 4.78 is 31.0. The lowest BCUT2D eigenvalue weighted by Crippen LogP contribution is -2.06. The van der Waals surface area contributed by atoms with E-state index in [2.05, 4.69) is 4.99 Å². The van der Waals surface area contributed by atoms with Crippen molar-refractivity contribution in [3.8, 4) is 0 Å². The van der Waals surface area contributed by atoms with Crippen molar-refractivity contribution in [2.24, 2.45) is 4.99 Å². The lowest BCUT2D eigenvalue weighted by Gasteiger charge is -1.99. The topological polar surface area (TPSA) is 38.7 Å². The van der Waals surface area contributed by atoms with Crippen LogP contribution in [0.25, 0.3) is 6.08 Å². The quantitative estimate of drug-likeness (QED) is 0.628. The number of rotatable bonds is 2. The van der Waals surface area contributed by atoms with Crippen LogP contribution in [0.1, 0.15) is 10.4 Å². The average molecular weight is 291 g/mol. The molecule has 6 heteroatoms. The van der Waals surface area contributed by atoms with Crippen molar-refractivity contribution < 1.29 is 18.3 Å². The monoisotopic (exact) mass is 291 g/mol. The normalized spacial score (nSPS) is 16.4. The van der Waals surface area contributed by atoms with E-state index in [-0.39, 0.29) is 17.2 Å². The van der Waals surface area contributed by atoms with Gasteiger partial charge in [-0.15, -0.1) is 11.3 Å². The van der Waals surface area contributed by atoms with Crippen LogP contribution in [0.15, 0.2) is 46.4 Å². The van der Waals surface area contributed by atoms with Gasteiger partial charge in [0.25, 0.3) is 0 Å². The Morgan fingerprint density at radius 2 is 2.05 bits per heavy atom. The van der Waals surface area contributed by atoms with E-state index in [4.69, 9.17) is 4.74 Å². The van der Waals surface area contributed by atoms with Crippen molar-refractivity contribution in [3.63, 3.8) is 0 Å². The average Bonchev–Trinajstić information content (AvgIpc) is 3.04. The summed E-state index contributed by atoms with van der Waals surface area (Å²) in [5.74, 6) is -2.63. The van der Waals surface area contributed by atoms with Crippen LogP contribution in [0.4, 0.5) is 8.78 Å². The molecule has 2 heterocycles. The van der Waals surface area contributed by atoms with E-state index in [9.17, 15) is 13.6 Å². The van der Waals surface area contributed by atoms with Crippen LogP contribution < -0.4 is 0 Å². The summed E-state index contributed by atoms with van der Waals surface area (Å²) in [4.78, 5) is 16.5. The maximum absolute atomic E-state index is 13.1. The van der Waals surface area contributed by atoms with Gasteiger partial charge in [0.1, 0.15) is 0 Å². The molecule has 0 aliphatic carbocycles. The number of ether oxygens (including phenoxy) is 1. The molecular formula is C14H7F2NO2S. The number of carbonyl (C=O) groups excluding carboxylic acids is 1. The molecule has 2 aromatic rings. The highest BCUT2D eigenvalue weighted by Crippen LogP contribution is 2.21. The number of hydrogen-bond acceptors (Lipinski definition) is 4. The second kappa shape index (κ2) is 4.97. The molecule has 0 amide bonds. The molecule has 0 unspecified atom stereocenters. The van der Waals surface area contributed by atoms with E-state index in [0.717, 1.165) is 17.0 Å². The molecule has 0 atom stereocenters. The molecule has 0 saturated heterocycles. The standard InChI is InChI=1S/C14H7F2NO2S/c15-10-4-3-8(6-11(10)16)13-17-12(14(18)19-13)7-9-2-1-5-20-9/h1-7H. The molecule has 0 bridgehead atoms. The predicted octanol–water partition coefficient (Wildman–Crippen LogP) is 3.37. The van der Waals surface area contributed by atoms with Crippen LogP contribution in [0.3, 0.4) is 0 Å². The second-order valence-corrected chi connectivity index (χ2v) is 4.96. The van der Waals surface area contributed by atoms with Gasteiger partial charge in [-0.1, -0.05) is 6.07 Å². The third-order valence-electron chi connectivity index (χ3n) is 2.61. The van der Waals surface area contributed by atoms with Crippen LogP contribution >= 0.6 is 11.3 Å². The fourth-order valence-corrected chi connectivity index (χ4v) is 2.32. The van der Waals surface area contributed by atoms with E-state index >= 15 is 0 Å². The molecule has 3 rings (SSSR count). The van der Waals surface area contributed by atoms with E-state index in [1.807, 2.05) is 17.5 Å². The van der Waals surface area contributed by atoms with E-state index in [1.54, 1.807) is 6.08 Å². The largest absolute Gasteiger partial charge is 0.402 e. The number of cyclic esters (lactones) is 1. The Morgan fingerprint density at radius 1 is 1.20 bits per heavy atom. The summed E-state index contributed by atoms with van der Waals surface area (Å²) in [6.45, 7) is 0. The SMILES string of the molecule is O=C1OC(c2ccc(F)c(F)c2)=NC1=Cc1cccs1. The molecule has 0 spiro atoms. The molecule has 1 aliphatic heterocycles. The number of benzene rings is 1. The smallest absolute Gasteiger partial charge is 0.363 e. The molecule has 1 aromatic heterocycles. The van der Waals surface area contributed by atoms with Crippen molar-refractivity contribution in [2.75, 3.05) is 0 Å². The summed E-state index contributed by atoms with van der Waals surface area (Å²) in [7, 11) is 0. The molecule has 0 N–H and O–H groups in total. The van der Waals surface area contributed by atoms with Crippen molar-refractivity contribution >= 4 is 29.3 Å². The Kier molecular flexibility index (Phi) is 3.15. The molecule has 1 aromatic carbocycles. The van der Waals surface area contributed by atoms with E-state index in [0.29, 0.717) is 0 Å². The minimum atomic E-state index is -1.02. The van der Waals surface area contributed by atoms with E-state index < -0.39 is 17.6 Å². The van der Waals surface area contributed by atoms with Gasteiger partial charge in [-0.2, -0.15) is 0 Å². The second-order valence-electron chi connectivity index (χ2n) is 3.98. The fraction of sp³-hybridized carbons (Fsp3) is 0. The van der Waals surface area contributed by atoms with Gasteiger partial charge >= 0.3 is 5.97 Å². The zero-order chi connectivity index (χ0) is 14.1. The summed E-state index contributed by atoms with van der Waals surface area (Å²) in [5.41, 5.74) is 0.346. The first kappa shape index (κ1) is 12.7. The summed E-state index contributed by atoms with van der Waals surface area (Å²) in [6.07, 6.45) is 1.58. The zero-order valence-corrected chi connectivity index (χ0v) is 10.8. The van der Waals surface area contributed by atoms with Gasteiger partial charge in [0.05, 0.1) is 0 Å². The van der Waals surface area contributed by atoms with Crippen molar-refractivity contribution in [2.45, 2.75) is 0 Å². The highest BCUT2D eigenvalue weighted by Gasteiger charge is 2.24. The Hall–Kier alpha value is -2.34. The van der Waals surface area contributed by atoms with Crippen LogP contribution in [0.2, 0.25) is 0 Å². The first-order valence-electron chi connectivity index (χ1n) is 5.65. The van der Waals surface area contributed by atoms with Gasteiger partial charge in [-0.3, -0.25) is 0 Å². The highest BCUT2D eigenvalue weighted by molar-refractivity contribution is 7.10. The van der Waals surface area contributed by atoms with Crippen LogP contribution in [-0.4, -0.2) is 11.9 Å². The van der Waals surface area contributed by atoms with Gasteiger partial charge < -0.3 is 4.74 Å². The van der Waals surface area contributed by atoms with E-state index in [1.165, 1.54) is 17.4 Å². The van der Waals surface area contributed by atoms with Gasteiger partial charge in [0.15, 0.2) is 17.3 Å². The lowest BCUT2D eigenvalue weighted by molar-refractivity contribution is -0.129. The maximum Gasteiger partial charge on any atom is 0.363 e. The minimum Gasteiger partial charge on any atom is -0.402 e.